The average molecular weight is 305 g/mol. The maximum absolute atomic E-state index is 5.98. The number of nitrogens with zero attached hydrogens (tertiary/aromatic N) is 4. The standard InChI is InChI=1S/C14H10Cl2N4/c15-12-6-4-11(5-7-12)14-17-18-19-20(14)9-10-2-1-3-13(16)8-10/h1-8H,9H2. The number of rotatable bonds is 3. The summed E-state index contributed by atoms with van der Waals surface area (Å²) in [5.74, 6) is 0.696. The van der Waals surface area contributed by atoms with Crippen molar-refractivity contribution in [3.8, 4) is 11.4 Å². The third kappa shape index (κ3) is 2.81. The van der Waals surface area contributed by atoms with Gasteiger partial charge in [0.25, 0.3) is 0 Å². The minimum Gasteiger partial charge on any atom is -0.221 e. The number of aromatic nitrogens is 4. The highest BCUT2D eigenvalue weighted by Crippen LogP contribution is 2.20. The van der Waals surface area contributed by atoms with Gasteiger partial charge in [-0.15, -0.1) is 5.10 Å². The molecule has 2 aromatic carbocycles. The molecule has 1 heterocycles. The first-order chi connectivity index (χ1) is 9.72. The van der Waals surface area contributed by atoms with Crippen molar-refractivity contribution < 1.29 is 0 Å². The Kier molecular flexibility index (Phi) is 3.67. The van der Waals surface area contributed by atoms with Crippen LogP contribution < -0.4 is 0 Å². The molecule has 3 aromatic rings. The summed E-state index contributed by atoms with van der Waals surface area (Å²) in [5.41, 5.74) is 1.96. The van der Waals surface area contributed by atoms with Crippen LogP contribution in [0.5, 0.6) is 0 Å². The van der Waals surface area contributed by atoms with Crippen LogP contribution in [0.3, 0.4) is 0 Å². The second kappa shape index (κ2) is 5.61. The van der Waals surface area contributed by atoms with E-state index in [1.165, 1.54) is 0 Å². The molecule has 0 atom stereocenters. The highest BCUT2D eigenvalue weighted by Gasteiger charge is 2.09. The SMILES string of the molecule is Clc1ccc(-c2nnnn2Cc2cccc(Cl)c2)cc1. The van der Waals surface area contributed by atoms with Crippen molar-refractivity contribution >= 4 is 23.2 Å². The molecule has 4 nitrogen and oxygen atoms in total. The van der Waals surface area contributed by atoms with Gasteiger partial charge >= 0.3 is 0 Å². The summed E-state index contributed by atoms with van der Waals surface area (Å²) in [6.45, 7) is 0.561. The zero-order valence-electron chi connectivity index (χ0n) is 10.4. The van der Waals surface area contributed by atoms with Crippen LogP contribution in [-0.2, 0) is 6.54 Å². The van der Waals surface area contributed by atoms with Gasteiger partial charge in [0, 0.05) is 15.6 Å². The largest absolute Gasteiger partial charge is 0.221 e. The molecule has 0 saturated carbocycles. The molecule has 20 heavy (non-hydrogen) atoms. The van der Waals surface area contributed by atoms with Gasteiger partial charge in [0.2, 0.25) is 0 Å². The van der Waals surface area contributed by atoms with Crippen molar-refractivity contribution in [3.05, 3.63) is 64.1 Å². The molecule has 0 spiro atoms. The highest BCUT2D eigenvalue weighted by atomic mass is 35.5. The first kappa shape index (κ1) is 13.1. The van der Waals surface area contributed by atoms with Crippen molar-refractivity contribution in [2.24, 2.45) is 0 Å². The van der Waals surface area contributed by atoms with Crippen LogP contribution in [0.15, 0.2) is 48.5 Å². The molecule has 0 N–H and O–H groups in total. The normalized spacial score (nSPS) is 10.7. The second-order valence-corrected chi connectivity index (χ2v) is 5.17. The van der Waals surface area contributed by atoms with Gasteiger partial charge in [-0.2, -0.15) is 0 Å². The minimum absolute atomic E-state index is 0.561. The van der Waals surface area contributed by atoms with Crippen LogP contribution in [0.2, 0.25) is 10.0 Å². The maximum Gasteiger partial charge on any atom is 0.182 e. The summed E-state index contributed by atoms with van der Waals surface area (Å²) in [6.07, 6.45) is 0. The average Bonchev–Trinajstić information content (AvgIpc) is 2.88. The Morgan fingerprint density at radius 1 is 0.950 bits per heavy atom. The molecule has 100 valence electrons. The smallest absolute Gasteiger partial charge is 0.182 e. The van der Waals surface area contributed by atoms with Crippen molar-refractivity contribution in [1.82, 2.24) is 20.2 Å². The molecule has 0 fully saturated rings. The fourth-order valence-electron chi connectivity index (χ4n) is 1.93. The van der Waals surface area contributed by atoms with Gasteiger partial charge in [0.05, 0.1) is 6.54 Å². The molecule has 1 aromatic heterocycles. The van der Waals surface area contributed by atoms with Gasteiger partial charge in [-0.1, -0.05) is 35.3 Å². The predicted molar refractivity (Wildman–Crippen MR) is 78.8 cm³/mol. The number of hydrogen-bond donors (Lipinski definition) is 0. The summed E-state index contributed by atoms with van der Waals surface area (Å²) in [4.78, 5) is 0. The molecule has 0 aliphatic heterocycles. The number of tetrazole rings is 1. The molecule has 0 radical (unpaired) electrons. The van der Waals surface area contributed by atoms with Gasteiger partial charge in [-0.05, 0) is 52.4 Å². The molecule has 0 aliphatic carbocycles. The lowest BCUT2D eigenvalue weighted by Crippen LogP contribution is -2.04. The Labute approximate surface area is 126 Å². The van der Waals surface area contributed by atoms with Gasteiger partial charge in [-0.3, -0.25) is 0 Å². The number of hydrogen-bond acceptors (Lipinski definition) is 3. The first-order valence-electron chi connectivity index (χ1n) is 5.99. The maximum atomic E-state index is 5.98. The molecule has 3 rings (SSSR count). The van der Waals surface area contributed by atoms with Crippen molar-refractivity contribution in [2.75, 3.05) is 0 Å². The lowest BCUT2D eigenvalue weighted by molar-refractivity contribution is 0.653. The summed E-state index contributed by atoms with van der Waals surface area (Å²) in [6, 6.07) is 15.0. The fraction of sp³-hybridized carbons (Fsp3) is 0.0714. The molecule has 0 bridgehead atoms. The third-order valence-electron chi connectivity index (χ3n) is 2.86. The lowest BCUT2D eigenvalue weighted by atomic mass is 10.2. The summed E-state index contributed by atoms with van der Waals surface area (Å²) >= 11 is 11.9. The summed E-state index contributed by atoms with van der Waals surface area (Å²) in [5, 5.41) is 13.2. The van der Waals surface area contributed by atoms with Gasteiger partial charge in [-0.25, -0.2) is 4.68 Å². The molecular weight excluding hydrogens is 295 g/mol. The quantitative estimate of drug-likeness (QED) is 0.741. The van der Waals surface area contributed by atoms with E-state index >= 15 is 0 Å². The van der Waals surface area contributed by atoms with Crippen molar-refractivity contribution in [2.45, 2.75) is 6.54 Å². The van der Waals surface area contributed by atoms with E-state index in [1.807, 2.05) is 48.5 Å². The van der Waals surface area contributed by atoms with E-state index in [0.29, 0.717) is 22.4 Å². The van der Waals surface area contributed by atoms with Gasteiger partial charge in [0.1, 0.15) is 0 Å². The van der Waals surface area contributed by atoms with Crippen molar-refractivity contribution in [3.63, 3.8) is 0 Å². The zero-order chi connectivity index (χ0) is 13.9. The highest BCUT2D eigenvalue weighted by molar-refractivity contribution is 6.30. The van der Waals surface area contributed by atoms with Crippen LogP contribution >= 0.6 is 23.2 Å². The van der Waals surface area contributed by atoms with Crippen LogP contribution in [0, 0.1) is 0 Å². The molecular formula is C14H10Cl2N4. The number of benzene rings is 2. The van der Waals surface area contributed by atoms with E-state index in [-0.39, 0.29) is 0 Å². The topological polar surface area (TPSA) is 43.6 Å². The van der Waals surface area contributed by atoms with E-state index in [0.717, 1.165) is 11.1 Å². The van der Waals surface area contributed by atoms with Crippen LogP contribution in [0.1, 0.15) is 5.56 Å². The molecule has 6 heteroatoms. The summed E-state index contributed by atoms with van der Waals surface area (Å²) in [7, 11) is 0. The van der Waals surface area contributed by atoms with E-state index in [9.17, 15) is 0 Å². The van der Waals surface area contributed by atoms with Gasteiger partial charge < -0.3 is 0 Å². The predicted octanol–water partition coefficient (Wildman–Crippen LogP) is 3.70. The third-order valence-corrected chi connectivity index (χ3v) is 3.34. The summed E-state index contributed by atoms with van der Waals surface area (Å²) < 4.78 is 1.73. The zero-order valence-corrected chi connectivity index (χ0v) is 11.9. The molecule has 0 unspecified atom stereocenters. The molecule has 0 aliphatic rings. The second-order valence-electron chi connectivity index (χ2n) is 4.30. The first-order valence-corrected chi connectivity index (χ1v) is 6.74. The van der Waals surface area contributed by atoms with Crippen LogP contribution in [-0.4, -0.2) is 20.2 Å². The monoisotopic (exact) mass is 304 g/mol. The minimum atomic E-state index is 0.561. The van der Waals surface area contributed by atoms with Crippen LogP contribution in [0.4, 0.5) is 0 Å². The number of halogens is 2. The Bertz CT molecular complexity index is 722. The van der Waals surface area contributed by atoms with E-state index in [4.69, 9.17) is 23.2 Å². The van der Waals surface area contributed by atoms with E-state index in [2.05, 4.69) is 15.5 Å². The van der Waals surface area contributed by atoms with Crippen LogP contribution in [0.25, 0.3) is 11.4 Å². The molecule has 0 amide bonds. The molecule has 0 saturated heterocycles. The van der Waals surface area contributed by atoms with Gasteiger partial charge in [0.15, 0.2) is 5.82 Å². The Morgan fingerprint density at radius 2 is 1.75 bits per heavy atom. The Morgan fingerprint density at radius 3 is 2.50 bits per heavy atom. The van der Waals surface area contributed by atoms with E-state index in [1.54, 1.807) is 4.68 Å². The van der Waals surface area contributed by atoms with E-state index < -0.39 is 0 Å². The Balaban J connectivity index is 1.92. The van der Waals surface area contributed by atoms with Crippen molar-refractivity contribution in [1.29, 1.82) is 0 Å². The fourth-order valence-corrected chi connectivity index (χ4v) is 2.26. The Hall–Kier alpha value is -1.91. The lowest BCUT2D eigenvalue weighted by Gasteiger charge is -2.05.